The van der Waals surface area contributed by atoms with Gasteiger partial charge in [0.05, 0.1) is 20.3 Å². The van der Waals surface area contributed by atoms with E-state index >= 15 is 0 Å². The molecule has 21 heavy (non-hydrogen) atoms. The van der Waals surface area contributed by atoms with Crippen molar-refractivity contribution >= 4 is 0 Å². The molecule has 0 fully saturated rings. The first kappa shape index (κ1) is 15.4. The highest BCUT2D eigenvalue weighted by atomic mass is 16.5. The molecule has 0 aliphatic heterocycles. The number of hydrogen-bond donors (Lipinski definition) is 2. The third kappa shape index (κ3) is 3.54. The van der Waals surface area contributed by atoms with Gasteiger partial charge < -0.3 is 9.47 Å². The van der Waals surface area contributed by atoms with Gasteiger partial charge in [0, 0.05) is 6.07 Å². The molecule has 0 saturated heterocycles. The van der Waals surface area contributed by atoms with Crippen LogP contribution in [-0.2, 0) is 6.42 Å². The van der Waals surface area contributed by atoms with Crippen molar-refractivity contribution in [3.63, 3.8) is 0 Å². The van der Waals surface area contributed by atoms with Gasteiger partial charge in [0.1, 0.15) is 11.5 Å². The zero-order valence-corrected chi connectivity index (χ0v) is 12.7. The van der Waals surface area contributed by atoms with Crippen molar-refractivity contribution in [2.24, 2.45) is 5.84 Å². The Labute approximate surface area is 125 Å². The van der Waals surface area contributed by atoms with E-state index in [1.54, 1.807) is 14.2 Å². The van der Waals surface area contributed by atoms with Crippen LogP contribution in [0.5, 0.6) is 11.5 Å². The topological polar surface area (TPSA) is 56.5 Å². The molecule has 2 aromatic rings. The molecule has 112 valence electrons. The van der Waals surface area contributed by atoms with E-state index in [1.807, 2.05) is 18.2 Å². The first-order chi connectivity index (χ1) is 10.2. The predicted molar refractivity (Wildman–Crippen MR) is 84.5 cm³/mol. The van der Waals surface area contributed by atoms with Crippen LogP contribution in [0.25, 0.3) is 0 Å². The highest BCUT2D eigenvalue weighted by Gasteiger charge is 2.15. The number of nitrogens with two attached hydrogens (primary N) is 1. The number of hydrazine groups is 1. The lowest BCUT2D eigenvalue weighted by Crippen LogP contribution is -2.29. The van der Waals surface area contributed by atoms with Crippen molar-refractivity contribution in [2.45, 2.75) is 19.4 Å². The van der Waals surface area contributed by atoms with E-state index in [9.17, 15) is 0 Å². The summed E-state index contributed by atoms with van der Waals surface area (Å²) in [5.74, 6) is 7.27. The van der Waals surface area contributed by atoms with Crippen LogP contribution < -0.4 is 20.7 Å². The fourth-order valence-corrected chi connectivity index (χ4v) is 2.37. The van der Waals surface area contributed by atoms with Gasteiger partial charge in [0.15, 0.2) is 0 Å². The van der Waals surface area contributed by atoms with Crippen molar-refractivity contribution in [1.29, 1.82) is 0 Å². The van der Waals surface area contributed by atoms with Gasteiger partial charge in [-0.2, -0.15) is 0 Å². The van der Waals surface area contributed by atoms with Crippen molar-refractivity contribution in [3.05, 3.63) is 59.2 Å². The van der Waals surface area contributed by atoms with Gasteiger partial charge in [-0.25, -0.2) is 5.43 Å². The summed E-state index contributed by atoms with van der Waals surface area (Å²) >= 11 is 0. The average Bonchev–Trinajstić information content (AvgIpc) is 2.55. The smallest absolute Gasteiger partial charge is 0.122 e. The maximum Gasteiger partial charge on any atom is 0.122 e. The van der Waals surface area contributed by atoms with Gasteiger partial charge in [-0.15, -0.1) is 0 Å². The fraction of sp³-hybridized carbons (Fsp3) is 0.294. The molecule has 0 spiro atoms. The molecule has 0 radical (unpaired) electrons. The normalized spacial score (nSPS) is 12.0. The third-order valence-electron chi connectivity index (χ3n) is 3.57. The Morgan fingerprint density at radius 3 is 2.19 bits per heavy atom. The lowest BCUT2D eigenvalue weighted by atomic mass is 9.96. The number of ether oxygens (including phenoxy) is 2. The Balaban J connectivity index is 2.44. The summed E-state index contributed by atoms with van der Waals surface area (Å²) in [6, 6.07) is 14.1. The number of aryl methyl sites for hydroxylation is 1. The number of nitrogens with one attached hydrogen (secondary N) is 1. The largest absolute Gasteiger partial charge is 0.497 e. The summed E-state index contributed by atoms with van der Waals surface area (Å²) in [7, 11) is 3.28. The number of hydrogen-bond acceptors (Lipinski definition) is 4. The second-order valence-electron chi connectivity index (χ2n) is 4.84. The highest BCUT2D eigenvalue weighted by molar-refractivity contribution is 5.43. The number of rotatable bonds is 6. The van der Waals surface area contributed by atoms with Crippen LogP contribution in [-0.4, -0.2) is 14.2 Å². The Morgan fingerprint density at radius 1 is 1.00 bits per heavy atom. The van der Waals surface area contributed by atoms with Gasteiger partial charge in [0.2, 0.25) is 0 Å². The zero-order chi connectivity index (χ0) is 15.2. The molecule has 0 aromatic heterocycles. The van der Waals surface area contributed by atoms with Crippen LogP contribution in [0.1, 0.15) is 29.7 Å². The Morgan fingerprint density at radius 2 is 1.67 bits per heavy atom. The summed E-state index contributed by atoms with van der Waals surface area (Å²) in [5, 5.41) is 0. The van der Waals surface area contributed by atoms with Crippen molar-refractivity contribution in [1.82, 2.24) is 5.43 Å². The van der Waals surface area contributed by atoms with Gasteiger partial charge in [-0.1, -0.05) is 31.2 Å². The molecule has 0 aliphatic carbocycles. The molecular weight excluding hydrogens is 264 g/mol. The van der Waals surface area contributed by atoms with Crippen LogP contribution in [0.3, 0.4) is 0 Å². The minimum atomic E-state index is -0.111. The first-order valence-corrected chi connectivity index (χ1v) is 6.99. The monoisotopic (exact) mass is 286 g/mol. The van der Waals surface area contributed by atoms with E-state index in [2.05, 4.69) is 36.6 Å². The quantitative estimate of drug-likeness (QED) is 0.633. The minimum Gasteiger partial charge on any atom is -0.497 e. The number of benzene rings is 2. The number of methoxy groups -OCH3 is 2. The molecule has 2 rings (SSSR count). The third-order valence-corrected chi connectivity index (χ3v) is 3.57. The summed E-state index contributed by atoms with van der Waals surface area (Å²) in [6.07, 6.45) is 0.993. The Bertz CT molecular complexity index is 577. The molecule has 0 heterocycles. The molecule has 0 aliphatic rings. The second-order valence-corrected chi connectivity index (χ2v) is 4.84. The van der Waals surface area contributed by atoms with Gasteiger partial charge >= 0.3 is 0 Å². The maximum atomic E-state index is 5.78. The van der Waals surface area contributed by atoms with Gasteiger partial charge in [-0.3, -0.25) is 5.84 Å². The molecule has 1 atom stereocenters. The molecule has 0 saturated carbocycles. The van der Waals surface area contributed by atoms with E-state index in [1.165, 1.54) is 5.56 Å². The molecule has 1 unspecified atom stereocenters. The van der Waals surface area contributed by atoms with Crippen LogP contribution in [0.15, 0.2) is 42.5 Å². The lowest BCUT2D eigenvalue weighted by molar-refractivity contribution is 0.392. The van der Waals surface area contributed by atoms with Gasteiger partial charge in [0.25, 0.3) is 0 Å². The van der Waals surface area contributed by atoms with Crippen molar-refractivity contribution in [3.8, 4) is 11.5 Å². The molecule has 0 amide bonds. The van der Waals surface area contributed by atoms with Crippen LogP contribution in [0.4, 0.5) is 0 Å². The fourth-order valence-electron chi connectivity index (χ4n) is 2.37. The SMILES string of the molecule is CCc1cccc(C(NN)c2cc(OC)cc(OC)c2)c1. The second kappa shape index (κ2) is 7.11. The molecule has 4 nitrogen and oxygen atoms in total. The van der Waals surface area contributed by atoms with Crippen molar-refractivity contribution in [2.75, 3.05) is 14.2 Å². The Kier molecular flexibility index (Phi) is 5.20. The summed E-state index contributed by atoms with van der Waals surface area (Å²) in [5.41, 5.74) is 6.28. The lowest BCUT2D eigenvalue weighted by Gasteiger charge is -2.19. The molecular formula is C17H22N2O2. The maximum absolute atomic E-state index is 5.78. The summed E-state index contributed by atoms with van der Waals surface area (Å²) in [4.78, 5) is 0. The van der Waals surface area contributed by atoms with Crippen LogP contribution in [0, 0.1) is 0 Å². The molecule has 2 aromatic carbocycles. The van der Waals surface area contributed by atoms with Crippen molar-refractivity contribution < 1.29 is 9.47 Å². The van der Waals surface area contributed by atoms with E-state index in [-0.39, 0.29) is 6.04 Å². The van der Waals surface area contributed by atoms with E-state index < -0.39 is 0 Å². The zero-order valence-electron chi connectivity index (χ0n) is 12.7. The predicted octanol–water partition coefficient (Wildman–Crippen LogP) is 2.82. The minimum absolute atomic E-state index is 0.111. The average molecular weight is 286 g/mol. The van der Waals surface area contributed by atoms with E-state index in [0.717, 1.165) is 29.0 Å². The van der Waals surface area contributed by atoms with Crippen LogP contribution in [0.2, 0.25) is 0 Å². The Hall–Kier alpha value is -2.04. The van der Waals surface area contributed by atoms with E-state index in [4.69, 9.17) is 15.3 Å². The summed E-state index contributed by atoms with van der Waals surface area (Å²) in [6.45, 7) is 2.14. The summed E-state index contributed by atoms with van der Waals surface area (Å²) < 4.78 is 10.6. The molecule has 0 bridgehead atoms. The standard InChI is InChI=1S/C17H22N2O2/c1-4-12-6-5-7-13(8-12)17(19-18)14-9-15(20-2)11-16(10-14)21-3/h5-11,17,19H,4,18H2,1-3H3. The molecule has 4 heteroatoms. The van der Waals surface area contributed by atoms with Crippen LogP contribution >= 0.6 is 0 Å². The van der Waals surface area contributed by atoms with E-state index in [0.29, 0.717) is 0 Å². The highest BCUT2D eigenvalue weighted by Crippen LogP contribution is 2.30. The molecule has 3 N–H and O–H groups in total. The first-order valence-electron chi connectivity index (χ1n) is 6.99. The van der Waals surface area contributed by atoms with Gasteiger partial charge in [-0.05, 0) is 35.2 Å².